The molecule has 1 unspecified atom stereocenters. The first-order valence-electron chi connectivity index (χ1n) is 11.9. The first-order chi connectivity index (χ1) is 15.1. The first-order valence-corrected chi connectivity index (χ1v) is 11.9. The largest absolute Gasteiger partial charge is 0.341 e. The van der Waals surface area contributed by atoms with Crippen LogP contribution in [0.4, 0.5) is 0 Å². The summed E-state index contributed by atoms with van der Waals surface area (Å²) in [5.74, 6) is -0.269. The minimum absolute atomic E-state index is 0.112. The van der Waals surface area contributed by atoms with E-state index in [1.807, 2.05) is 6.07 Å². The highest BCUT2D eigenvalue weighted by molar-refractivity contribution is 6.35. The van der Waals surface area contributed by atoms with Gasteiger partial charge in [0.1, 0.15) is 0 Å². The maximum absolute atomic E-state index is 12.8. The Morgan fingerprint density at radius 1 is 1.00 bits per heavy atom. The van der Waals surface area contributed by atoms with Crippen LogP contribution in [0.5, 0.6) is 0 Å². The molecule has 4 rings (SSSR count). The molecule has 31 heavy (non-hydrogen) atoms. The zero-order valence-electron chi connectivity index (χ0n) is 18.6. The molecule has 1 aliphatic carbocycles. The van der Waals surface area contributed by atoms with Crippen LogP contribution in [-0.2, 0) is 28.9 Å². The van der Waals surface area contributed by atoms with Crippen molar-refractivity contribution < 1.29 is 9.59 Å². The predicted octanol–water partition coefficient (Wildman–Crippen LogP) is 4.61. The minimum atomic E-state index is -0.467. The molecule has 0 spiro atoms. The van der Waals surface area contributed by atoms with Gasteiger partial charge in [0.2, 0.25) is 0 Å². The van der Waals surface area contributed by atoms with Gasteiger partial charge in [-0.05, 0) is 79.5 Å². The van der Waals surface area contributed by atoms with Gasteiger partial charge in [0.15, 0.2) is 0 Å². The Balaban J connectivity index is 1.31. The molecule has 2 aliphatic rings. The summed E-state index contributed by atoms with van der Waals surface area (Å²) in [6, 6.07) is 17.0. The first kappa shape index (κ1) is 21.6. The Morgan fingerprint density at radius 3 is 2.42 bits per heavy atom. The maximum Gasteiger partial charge on any atom is 0.311 e. The Kier molecular flexibility index (Phi) is 7.06. The summed E-state index contributed by atoms with van der Waals surface area (Å²) >= 11 is 0. The number of rotatable bonds is 5. The lowest BCUT2D eigenvalue weighted by atomic mass is 9.88. The fourth-order valence-electron chi connectivity index (χ4n) is 5.04. The molecule has 1 aliphatic heterocycles. The van der Waals surface area contributed by atoms with Crippen LogP contribution in [0, 0.1) is 5.92 Å². The second-order valence-corrected chi connectivity index (χ2v) is 9.09. The minimum Gasteiger partial charge on any atom is -0.341 e. The molecular weight excluding hydrogens is 384 g/mol. The molecule has 0 aromatic heterocycles. The number of likely N-dealkylation sites (tertiary alicyclic amines) is 1. The van der Waals surface area contributed by atoms with Gasteiger partial charge in [0, 0.05) is 13.1 Å². The molecular formula is C27H34N2O2. The van der Waals surface area contributed by atoms with Crippen LogP contribution >= 0.6 is 0 Å². The molecule has 1 fully saturated rings. The van der Waals surface area contributed by atoms with Crippen molar-refractivity contribution in [2.24, 2.45) is 5.92 Å². The van der Waals surface area contributed by atoms with E-state index in [-0.39, 0.29) is 11.9 Å². The van der Waals surface area contributed by atoms with E-state index in [9.17, 15) is 9.59 Å². The Hall–Kier alpha value is -2.62. The van der Waals surface area contributed by atoms with E-state index >= 15 is 0 Å². The number of nitrogens with zero attached hydrogens (tertiary/aromatic N) is 1. The molecule has 2 aromatic rings. The number of piperidine rings is 1. The number of carbonyl (C=O) groups excluding carboxylic acids is 2. The van der Waals surface area contributed by atoms with E-state index in [2.05, 4.69) is 54.7 Å². The van der Waals surface area contributed by atoms with Crippen LogP contribution in [0.1, 0.15) is 67.3 Å². The summed E-state index contributed by atoms with van der Waals surface area (Å²) in [6.45, 7) is 3.39. The van der Waals surface area contributed by atoms with Crippen molar-refractivity contribution in [3.8, 4) is 0 Å². The smallest absolute Gasteiger partial charge is 0.311 e. The van der Waals surface area contributed by atoms with Gasteiger partial charge in [-0.2, -0.15) is 0 Å². The fraction of sp³-hybridized carbons (Fsp3) is 0.481. The van der Waals surface area contributed by atoms with E-state index < -0.39 is 5.91 Å². The van der Waals surface area contributed by atoms with E-state index in [1.165, 1.54) is 29.5 Å². The van der Waals surface area contributed by atoms with Crippen molar-refractivity contribution in [2.75, 3.05) is 13.1 Å². The third kappa shape index (κ3) is 5.36. The van der Waals surface area contributed by atoms with Gasteiger partial charge in [0.05, 0.1) is 6.04 Å². The molecule has 2 aromatic carbocycles. The lowest BCUT2D eigenvalue weighted by molar-refractivity contribution is -0.147. The number of fused-ring (bicyclic) bond motifs is 1. The van der Waals surface area contributed by atoms with Gasteiger partial charge in [-0.3, -0.25) is 9.59 Å². The lowest BCUT2D eigenvalue weighted by Gasteiger charge is -2.32. The molecule has 1 saturated heterocycles. The molecule has 1 N–H and O–H groups in total. The van der Waals surface area contributed by atoms with Gasteiger partial charge < -0.3 is 10.2 Å². The van der Waals surface area contributed by atoms with Crippen LogP contribution in [0.15, 0.2) is 48.5 Å². The number of carbonyl (C=O) groups is 2. The third-order valence-corrected chi connectivity index (χ3v) is 6.95. The second-order valence-electron chi connectivity index (χ2n) is 9.09. The van der Waals surface area contributed by atoms with Gasteiger partial charge in [0.25, 0.3) is 0 Å². The zero-order valence-corrected chi connectivity index (χ0v) is 18.6. The predicted molar refractivity (Wildman–Crippen MR) is 124 cm³/mol. The maximum atomic E-state index is 12.8. The van der Waals surface area contributed by atoms with Crippen molar-refractivity contribution in [2.45, 2.75) is 64.3 Å². The summed E-state index contributed by atoms with van der Waals surface area (Å²) < 4.78 is 0. The molecule has 0 radical (unpaired) electrons. The zero-order chi connectivity index (χ0) is 21.6. The normalized spacial score (nSPS) is 17.6. The number of benzene rings is 2. The highest BCUT2D eigenvalue weighted by atomic mass is 16.2. The SMILES string of the molecule is CCC(NC(=O)C(=O)N1CCC(Cc2ccccc2)CC1)c1ccc2c(c1)CCCC2. The molecule has 4 heteroatoms. The van der Waals surface area contributed by atoms with Crippen LogP contribution < -0.4 is 5.32 Å². The average molecular weight is 419 g/mol. The van der Waals surface area contributed by atoms with E-state index in [1.54, 1.807) is 4.90 Å². The van der Waals surface area contributed by atoms with Crippen molar-refractivity contribution in [3.63, 3.8) is 0 Å². The quantitative estimate of drug-likeness (QED) is 0.721. The number of aryl methyl sites for hydroxylation is 2. The fourth-order valence-corrected chi connectivity index (χ4v) is 5.04. The summed E-state index contributed by atoms with van der Waals surface area (Å²) in [7, 11) is 0. The molecule has 164 valence electrons. The molecule has 1 heterocycles. The number of nitrogens with one attached hydrogen (secondary N) is 1. The molecule has 0 saturated carbocycles. The average Bonchev–Trinajstić information content (AvgIpc) is 2.82. The number of hydrogen-bond donors (Lipinski definition) is 1. The van der Waals surface area contributed by atoms with Gasteiger partial charge in [-0.15, -0.1) is 0 Å². The van der Waals surface area contributed by atoms with E-state index in [0.29, 0.717) is 19.0 Å². The number of amides is 2. The Labute approximate surface area is 186 Å². The summed E-state index contributed by atoms with van der Waals surface area (Å²) in [4.78, 5) is 27.3. The Bertz CT molecular complexity index is 901. The highest BCUT2D eigenvalue weighted by Gasteiger charge is 2.28. The van der Waals surface area contributed by atoms with Crippen LogP contribution in [0.25, 0.3) is 0 Å². The summed E-state index contributed by atoms with van der Waals surface area (Å²) in [5.41, 5.74) is 5.31. The van der Waals surface area contributed by atoms with Crippen LogP contribution in [-0.4, -0.2) is 29.8 Å². The third-order valence-electron chi connectivity index (χ3n) is 6.95. The molecule has 2 amide bonds. The monoisotopic (exact) mass is 418 g/mol. The van der Waals surface area contributed by atoms with Gasteiger partial charge in [-0.25, -0.2) is 0 Å². The molecule has 1 atom stereocenters. The van der Waals surface area contributed by atoms with Crippen molar-refractivity contribution in [3.05, 3.63) is 70.8 Å². The van der Waals surface area contributed by atoms with Crippen molar-refractivity contribution >= 4 is 11.8 Å². The number of hydrogen-bond acceptors (Lipinski definition) is 2. The van der Waals surface area contributed by atoms with Crippen LogP contribution in [0.3, 0.4) is 0 Å². The van der Waals surface area contributed by atoms with Gasteiger partial charge >= 0.3 is 11.8 Å². The second kappa shape index (κ2) is 10.1. The molecule has 0 bridgehead atoms. The van der Waals surface area contributed by atoms with E-state index in [4.69, 9.17) is 0 Å². The summed E-state index contributed by atoms with van der Waals surface area (Å²) in [5, 5.41) is 3.01. The van der Waals surface area contributed by atoms with Crippen molar-refractivity contribution in [1.29, 1.82) is 0 Å². The Morgan fingerprint density at radius 2 is 1.71 bits per heavy atom. The highest BCUT2D eigenvalue weighted by Crippen LogP contribution is 2.26. The molecule has 4 nitrogen and oxygen atoms in total. The van der Waals surface area contributed by atoms with Gasteiger partial charge in [-0.1, -0.05) is 55.5 Å². The topological polar surface area (TPSA) is 49.4 Å². The van der Waals surface area contributed by atoms with E-state index in [0.717, 1.165) is 44.1 Å². The van der Waals surface area contributed by atoms with Crippen molar-refractivity contribution in [1.82, 2.24) is 10.2 Å². The standard InChI is InChI=1S/C27H34N2O2/c1-2-25(24-13-12-22-10-6-7-11-23(22)19-24)28-26(30)27(31)29-16-14-21(15-17-29)18-20-8-4-3-5-9-20/h3-5,8-9,12-13,19,21,25H,2,6-7,10-11,14-18H2,1H3,(H,28,30). The summed E-state index contributed by atoms with van der Waals surface area (Å²) in [6.07, 6.45) is 8.49. The van der Waals surface area contributed by atoms with Crippen LogP contribution in [0.2, 0.25) is 0 Å². The lowest BCUT2D eigenvalue weighted by Crippen LogP contribution is -2.47.